The van der Waals surface area contributed by atoms with Crippen LogP contribution in [0.25, 0.3) is 0 Å². The zero-order valence-electron chi connectivity index (χ0n) is 21.8. The van der Waals surface area contributed by atoms with E-state index in [4.69, 9.17) is 14.2 Å². The SMILES string of the molecule is C=CCOC(=O)C(CCCCNC(=O)OC(C)(C)C)NC(=O)NC(CC[C@@H](C)OCC=C)C(C)=O. The molecule has 0 radical (unpaired) electrons. The molecule has 0 spiro atoms. The number of hydrogen-bond donors (Lipinski definition) is 3. The first-order chi connectivity index (χ1) is 16.4. The molecule has 10 heteroatoms. The van der Waals surface area contributed by atoms with E-state index in [1.165, 1.54) is 13.0 Å². The Morgan fingerprint density at radius 3 is 2.11 bits per heavy atom. The van der Waals surface area contributed by atoms with Gasteiger partial charge in [0.15, 0.2) is 5.78 Å². The highest BCUT2D eigenvalue weighted by molar-refractivity contribution is 5.88. The van der Waals surface area contributed by atoms with Crippen molar-refractivity contribution < 1.29 is 33.4 Å². The maximum Gasteiger partial charge on any atom is 0.407 e. The van der Waals surface area contributed by atoms with E-state index < -0.39 is 35.8 Å². The van der Waals surface area contributed by atoms with Gasteiger partial charge in [-0.25, -0.2) is 14.4 Å². The van der Waals surface area contributed by atoms with Gasteiger partial charge in [-0.15, -0.1) is 6.58 Å². The van der Waals surface area contributed by atoms with Gasteiger partial charge in [0, 0.05) is 6.54 Å². The predicted octanol–water partition coefficient (Wildman–Crippen LogP) is 3.41. The molecule has 35 heavy (non-hydrogen) atoms. The van der Waals surface area contributed by atoms with Crippen LogP contribution in [0, 0.1) is 0 Å². The number of Topliss-reactive ketones (excluding diaryl/α,β-unsaturated/α-hetero) is 1. The summed E-state index contributed by atoms with van der Waals surface area (Å²) >= 11 is 0. The molecular weight excluding hydrogens is 454 g/mol. The Morgan fingerprint density at radius 2 is 1.54 bits per heavy atom. The van der Waals surface area contributed by atoms with E-state index >= 15 is 0 Å². The zero-order valence-corrected chi connectivity index (χ0v) is 21.8. The lowest BCUT2D eigenvalue weighted by molar-refractivity contribution is -0.144. The van der Waals surface area contributed by atoms with Crippen LogP contribution in [0.15, 0.2) is 25.3 Å². The van der Waals surface area contributed by atoms with Crippen molar-refractivity contribution in [2.24, 2.45) is 0 Å². The topological polar surface area (TPSA) is 132 Å². The number of nitrogens with one attached hydrogen (secondary N) is 3. The molecule has 0 aromatic carbocycles. The summed E-state index contributed by atoms with van der Waals surface area (Å²) in [7, 11) is 0. The first-order valence-electron chi connectivity index (χ1n) is 11.9. The van der Waals surface area contributed by atoms with Crippen LogP contribution < -0.4 is 16.0 Å². The van der Waals surface area contributed by atoms with Gasteiger partial charge in [-0.3, -0.25) is 4.79 Å². The molecule has 3 atom stereocenters. The number of ketones is 1. The van der Waals surface area contributed by atoms with Crippen LogP contribution in [0.1, 0.15) is 66.7 Å². The lowest BCUT2D eigenvalue weighted by Crippen LogP contribution is -2.51. The summed E-state index contributed by atoms with van der Waals surface area (Å²) in [5.74, 6) is -0.805. The van der Waals surface area contributed by atoms with Crippen molar-refractivity contribution in [2.45, 2.75) is 90.5 Å². The van der Waals surface area contributed by atoms with Gasteiger partial charge in [0.2, 0.25) is 0 Å². The molecule has 2 unspecified atom stereocenters. The molecule has 0 aliphatic heterocycles. The predicted molar refractivity (Wildman–Crippen MR) is 134 cm³/mol. The average molecular weight is 498 g/mol. The van der Waals surface area contributed by atoms with Crippen molar-refractivity contribution in [3.8, 4) is 0 Å². The second-order valence-electron chi connectivity index (χ2n) is 9.19. The average Bonchev–Trinajstić information content (AvgIpc) is 2.76. The van der Waals surface area contributed by atoms with E-state index in [9.17, 15) is 19.2 Å². The third-order valence-corrected chi connectivity index (χ3v) is 4.68. The number of carbonyl (C=O) groups excluding carboxylic acids is 4. The molecule has 0 aliphatic carbocycles. The minimum atomic E-state index is -0.918. The highest BCUT2D eigenvalue weighted by atomic mass is 16.6. The van der Waals surface area contributed by atoms with Crippen LogP contribution in [0.2, 0.25) is 0 Å². The van der Waals surface area contributed by atoms with Crippen molar-refractivity contribution >= 4 is 23.9 Å². The Bertz CT molecular complexity index is 704. The van der Waals surface area contributed by atoms with E-state index in [2.05, 4.69) is 29.1 Å². The minimum absolute atomic E-state index is 0.0114. The van der Waals surface area contributed by atoms with Gasteiger partial charge in [-0.2, -0.15) is 0 Å². The molecule has 0 fully saturated rings. The molecule has 10 nitrogen and oxygen atoms in total. The smallest absolute Gasteiger partial charge is 0.407 e. The summed E-state index contributed by atoms with van der Waals surface area (Å²) in [6.07, 6.45) is 4.79. The third-order valence-electron chi connectivity index (χ3n) is 4.68. The van der Waals surface area contributed by atoms with Crippen LogP contribution in [0.3, 0.4) is 0 Å². The number of hydrogen-bond acceptors (Lipinski definition) is 7. The fraction of sp³-hybridized carbons (Fsp3) is 0.680. The van der Waals surface area contributed by atoms with Crippen molar-refractivity contribution in [2.75, 3.05) is 19.8 Å². The molecule has 3 amide bonds. The molecule has 0 aromatic rings. The summed E-state index contributed by atoms with van der Waals surface area (Å²) in [4.78, 5) is 48.7. The van der Waals surface area contributed by atoms with Crippen molar-refractivity contribution in [1.82, 2.24) is 16.0 Å². The summed E-state index contributed by atoms with van der Waals surface area (Å²) < 4.78 is 15.8. The number of urea groups is 1. The number of unbranched alkanes of at least 4 members (excludes halogenated alkanes) is 1. The maximum absolute atomic E-state index is 12.6. The molecule has 0 saturated heterocycles. The monoisotopic (exact) mass is 497 g/mol. The van der Waals surface area contributed by atoms with Gasteiger partial charge >= 0.3 is 18.1 Å². The van der Waals surface area contributed by atoms with E-state index in [1.54, 1.807) is 26.8 Å². The highest BCUT2D eigenvalue weighted by Crippen LogP contribution is 2.09. The fourth-order valence-electron chi connectivity index (χ4n) is 2.92. The summed E-state index contributed by atoms with van der Waals surface area (Å²) in [5, 5.41) is 7.87. The van der Waals surface area contributed by atoms with Gasteiger partial charge < -0.3 is 30.2 Å². The normalized spacial score (nSPS) is 13.5. The molecule has 0 bridgehead atoms. The molecular formula is C25H43N3O7. The Labute approximate surface area is 209 Å². The van der Waals surface area contributed by atoms with Gasteiger partial charge in [0.25, 0.3) is 0 Å². The summed E-state index contributed by atoms with van der Waals surface area (Å²) in [6, 6.07) is -2.27. The number of carbonyl (C=O) groups is 4. The quantitative estimate of drug-likeness (QED) is 0.159. The van der Waals surface area contributed by atoms with Crippen LogP contribution in [0.4, 0.5) is 9.59 Å². The fourth-order valence-corrected chi connectivity index (χ4v) is 2.92. The molecule has 0 aliphatic rings. The van der Waals surface area contributed by atoms with Crippen LogP contribution >= 0.6 is 0 Å². The van der Waals surface area contributed by atoms with Crippen LogP contribution in [-0.2, 0) is 23.8 Å². The third kappa shape index (κ3) is 17.2. The lowest BCUT2D eigenvalue weighted by Gasteiger charge is -2.22. The van der Waals surface area contributed by atoms with Gasteiger partial charge in [0.1, 0.15) is 18.2 Å². The Hall–Kier alpha value is -2.88. The molecule has 0 heterocycles. The van der Waals surface area contributed by atoms with Crippen molar-refractivity contribution in [1.29, 1.82) is 0 Å². The first-order valence-corrected chi connectivity index (χ1v) is 11.9. The molecule has 0 rings (SSSR count). The number of esters is 1. The Kier molecular flexibility index (Phi) is 16.1. The number of alkyl carbamates (subject to hydrolysis) is 1. The van der Waals surface area contributed by atoms with E-state index in [-0.39, 0.29) is 24.9 Å². The Balaban J connectivity index is 4.77. The highest BCUT2D eigenvalue weighted by Gasteiger charge is 2.25. The van der Waals surface area contributed by atoms with Gasteiger partial charge in [-0.1, -0.05) is 18.7 Å². The Morgan fingerprint density at radius 1 is 0.914 bits per heavy atom. The summed E-state index contributed by atoms with van der Waals surface area (Å²) in [6.45, 7) is 16.5. The van der Waals surface area contributed by atoms with Crippen LogP contribution in [0.5, 0.6) is 0 Å². The zero-order chi connectivity index (χ0) is 26.9. The van der Waals surface area contributed by atoms with E-state index in [0.717, 1.165) is 0 Å². The van der Waals surface area contributed by atoms with E-state index in [0.29, 0.717) is 38.8 Å². The number of ether oxygens (including phenoxy) is 3. The standard InChI is InChI=1S/C25H43N3O7/c1-8-16-33-18(3)13-14-20(19(4)29)27-23(31)28-21(22(30)34-17-9-2)12-10-11-15-26-24(32)35-25(5,6)7/h8-9,18,20-21H,1-2,10-17H2,3-7H3,(H,26,32)(H2,27,28,31)/t18-,20?,21?/m1/s1. The van der Waals surface area contributed by atoms with Crippen LogP contribution in [-0.4, -0.2) is 67.4 Å². The van der Waals surface area contributed by atoms with Gasteiger partial charge in [-0.05, 0) is 66.7 Å². The molecule has 0 saturated carbocycles. The molecule has 3 N–H and O–H groups in total. The largest absolute Gasteiger partial charge is 0.460 e. The second kappa shape index (κ2) is 17.5. The molecule has 0 aromatic heterocycles. The summed E-state index contributed by atoms with van der Waals surface area (Å²) in [5.41, 5.74) is -0.588. The minimum Gasteiger partial charge on any atom is -0.460 e. The first kappa shape index (κ1) is 32.1. The van der Waals surface area contributed by atoms with E-state index in [1.807, 2.05) is 6.92 Å². The maximum atomic E-state index is 12.6. The van der Waals surface area contributed by atoms with Gasteiger partial charge in [0.05, 0.1) is 18.8 Å². The molecule has 200 valence electrons. The van der Waals surface area contributed by atoms with Crippen molar-refractivity contribution in [3.63, 3.8) is 0 Å². The number of rotatable bonds is 17. The lowest BCUT2D eigenvalue weighted by atomic mass is 10.1. The number of amides is 3. The van der Waals surface area contributed by atoms with Crippen molar-refractivity contribution in [3.05, 3.63) is 25.3 Å². The second-order valence-corrected chi connectivity index (χ2v) is 9.19.